The zero-order valence-electron chi connectivity index (χ0n) is 15.2. The summed E-state index contributed by atoms with van der Waals surface area (Å²) >= 11 is 0. The van der Waals surface area contributed by atoms with Crippen LogP contribution in [0.2, 0.25) is 0 Å². The van der Waals surface area contributed by atoms with Crippen LogP contribution >= 0.6 is 0 Å². The van der Waals surface area contributed by atoms with E-state index in [0.717, 1.165) is 26.2 Å². The Kier molecular flexibility index (Phi) is 3.78. The maximum Gasteiger partial charge on any atom is 0.392 e. The van der Waals surface area contributed by atoms with Crippen LogP contribution in [0.15, 0.2) is 9.41 Å². The van der Waals surface area contributed by atoms with Gasteiger partial charge in [0.1, 0.15) is 5.76 Å². The topological polar surface area (TPSA) is 70.0 Å². The number of nitrogens with two attached hydrogens (primary N) is 1. The van der Waals surface area contributed by atoms with Crippen molar-refractivity contribution in [1.29, 1.82) is 0 Å². The minimum atomic E-state index is -4.19. The number of hydrogen-bond donors (Lipinski definition) is 2. The van der Waals surface area contributed by atoms with E-state index < -0.39 is 18.4 Å². The number of hydrogen-bond acceptors (Lipinski definition) is 6. The first-order valence-corrected chi connectivity index (χ1v) is 9.54. The molecule has 1 aromatic rings. The summed E-state index contributed by atoms with van der Waals surface area (Å²) in [5, 5.41) is 3.05. The fraction of sp³-hybridized carbons (Fsp3) is 0.722. The molecule has 6 nitrogen and oxygen atoms in total. The van der Waals surface area contributed by atoms with Gasteiger partial charge in [0, 0.05) is 38.2 Å². The summed E-state index contributed by atoms with van der Waals surface area (Å²) in [5.41, 5.74) is 7.30. The molecule has 0 spiro atoms. The molecule has 2 fully saturated rings. The maximum absolute atomic E-state index is 13.2. The molecule has 1 aromatic heterocycles. The van der Waals surface area contributed by atoms with E-state index in [1.807, 2.05) is 0 Å². The van der Waals surface area contributed by atoms with Crippen molar-refractivity contribution in [1.82, 2.24) is 9.80 Å². The average Bonchev–Trinajstić information content (AvgIpc) is 3.23. The van der Waals surface area contributed by atoms with Crippen LogP contribution in [0.1, 0.15) is 23.5 Å². The molecular formula is C18H24F3N5O. The molecular weight excluding hydrogens is 359 g/mol. The zero-order valence-corrected chi connectivity index (χ0v) is 15.2. The van der Waals surface area contributed by atoms with E-state index in [2.05, 4.69) is 27.2 Å². The third kappa shape index (κ3) is 2.82. The van der Waals surface area contributed by atoms with Crippen LogP contribution in [0.3, 0.4) is 0 Å². The standard InChI is InChI=1S/C18H24F3N5O/c1-25-5-9-7-26(8-10(9)6-25)16-15-14(23-17(22)24-16)12-4-11(18(19,20)21)2-3-13(12)27-15/h9-11,17,23H,2-8,22H2,1H3/t9-,10+,11?,17?. The van der Waals surface area contributed by atoms with Crippen molar-refractivity contribution in [2.45, 2.75) is 31.7 Å². The Morgan fingerprint density at radius 3 is 2.56 bits per heavy atom. The summed E-state index contributed by atoms with van der Waals surface area (Å²) in [6, 6.07) is 0. The van der Waals surface area contributed by atoms with Crippen molar-refractivity contribution in [2.24, 2.45) is 28.5 Å². The van der Waals surface area contributed by atoms with Gasteiger partial charge in [-0.3, -0.25) is 5.73 Å². The van der Waals surface area contributed by atoms with Gasteiger partial charge in [-0.1, -0.05) is 0 Å². The zero-order chi connectivity index (χ0) is 18.9. The second kappa shape index (κ2) is 5.88. The Morgan fingerprint density at radius 1 is 1.19 bits per heavy atom. The molecule has 4 aliphatic rings. The summed E-state index contributed by atoms with van der Waals surface area (Å²) in [6.07, 6.45) is -4.54. The fourth-order valence-electron chi connectivity index (χ4n) is 5.17. The molecule has 0 radical (unpaired) electrons. The molecule has 0 amide bonds. The lowest BCUT2D eigenvalue weighted by Crippen LogP contribution is -2.40. The van der Waals surface area contributed by atoms with E-state index >= 15 is 0 Å². The van der Waals surface area contributed by atoms with Gasteiger partial charge in [0.2, 0.25) is 0 Å². The van der Waals surface area contributed by atoms with Gasteiger partial charge < -0.3 is 19.5 Å². The highest BCUT2D eigenvalue weighted by Crippen LogP contribution is 2.44. The number of fused-ring (bicyclic) bond motifs is 4. The molecule has 2 unspecified atom stereocenters. The van der Waals surface area contributed by atoms with E-state index in [9.17, 15) is 13.2 Å². The summed E-state index contributed by atoms with van der Waals surface area (Å²) < 4.78 is 45.7. The quantitative estimate of drug-likeness (QED) is 0.716. The molecule has 4 atom stereocenters. The molecule has 2 saturated heterocycles. The highest BCUT2D eigenvalue weighted by atomic mass is 19.4. The van der Waals surface area contributed by atoms with Crippen molar-refractivity contribution in [3.63, 3.8) is 0 Å². The van der Waals surface area contributed by atoms with Crippen LogP contribution in [-0.4, -0.2) is 61.3 Å². The maximum atomic E-state index is 13.2. The molecule has 0 saturated carbocycles. The Hall–Kier alpha value is -1.74. The van der Waals surface area contributed by atoms with Gasteiger partial charge in [-0.2, -0.15) is 13.2 Å². The van der Waals surface area contributed by atoms with Crippen molar-refractivity contribution < 1.29 is 17.6 Å². The van der Waals surface area contributed by atoms with Gasteiger partial charge >= 0.3 is 6.18 Å². The van der Waals surface area contributed by atoms with Crippen LogP contribution in [-0.2, 0) is 12.8 Å². The fourth-order valence-corrected chi connectivity index (χ4v) is 5.17. The molecule has 4 heterocycles. The summed E-state index contributed by atoms with van der Waals surface area (Å²) in [5.74, 6) is 1.77. The normalized spacial score (nSPS) is 33.4. The van der Waals surface area contributed by atoms with E-state index in [1.165, 1.54) is 0 Å². The Labute approximate surface area is 155 Å². The number of aliphatic imine (C=N–C) groups is 1. The van der Waals surface area contributed by atoms with Crippen LogP contribution < -0.4 is 11.1 Å². The Bertz CT molecular complexity index is 775. The lowest BCUT2D eigenvalue weighted by atomic mass is 9.86. The predicted molar refractivity (Wildman–Crippen MR) is 94.5 cm³/mol. The molecule has 148 valence electrons. The van der Waals surface area contributed by atoms with Crippen LogP contribution in [0, 0.1) is 17.8 Å². The molecule has 3 N–H and O–H groups in total. The highest BCUT2D eigenvalue weighted by molar-refractivity contribution is 6.03. The second-order valence-electron chi connectivity index (χ2n) is 8.38. The molecule has 1 aliphatic carbocycles. The van der Waals surface area contributed by atoms with Crippen molar-refractivity contribution in [3.8, 4) is 0 Å². The predicted octanol–water partition coefficient (Wildman–Crippen LogP) is 1.85. The average molecular weight is 383 g/mol. The number of anilines is 1. The third-order valence-electron chi connectivity index (χ3n) is 6.45. The minimum absolute atomic E-state index is 0.0548. The van der Waals surface area contributed by atoms with Gasteiger partial charge in [-0.15, -0.1) is 0 Å². The number of aryl methyl sites for hydroxylation is 1. The second-order valence-corrected chi connectivity index (χ2v) is 8.38. The van der Waals surface area contributed by atoms with E-state index in [-0.39, 0.29) is 12.8 Å². The van der Waals surface area contributed by atoms with E-state index in [1.54, 1.807) is 0 Å². The number of halogens is 3. The first kappa shape index (κ1) is 17.4. The lowest BCUT2D eigenvalue weighted by molar-refractivity contribution is -0.177. The van der Waals surface area contributed by atoms with Crippen LogP contribution in [0.25, 0.3) is 0 Å². The Balaban J connectivity index is 1.45. The minimum Gasteiger partial charge on any atom is -0.455 e. The number of furan rings is 1. The van der Waals surface area contributed by atoms with Gasteiger partial charge in [-0.25, -0.2) is 4.99 Å². The molecule has 0 bridgehead atoms. The first-order chi connectivity index (χ1) is 12.8. The molecule has 27 heavy (non-hydrogen) atoms. The summed E-state index contributed by atoms with van der Waals surface area (Å²) in [4.78, 5) is 9.09. The van der Waals surface area contributed by atoms with E-state index in [0.29, 0.717) is 46.9 Å². The number of nitrogens with zero attached hydrogens (tertiary/aromatic N) is 3. The highest BCUT2D eigenvalue weighted by Gasteiger charge is 2.46. The van der Waals surface area contributed by atoms with Crippen LogP contribution in [0.5, 0.6) is 0 Å². The Morgan fingerprint density at radius 2 is 1.89 bits per heavy atom. The van der Waals surface area contributed by atoms with Gasteiger partial charge in [0.05, 0.1) is 11.6 Å². The SMILES string of the molecule is CN1C[C@@H]2CN(C3=NC(N)Nc4c3oc3c4CC(C(F)(F)F)CC3)C[C@@H]2C1. The number of amidine groups is 1. The summed E-state index contributed by atoms with van der Waals surface area (Å²) in [6.45, 7) is 3.90. The summed E-state index contributed by atoms with van der Waals surface area (Å²) in [7, 11) is 2.14. The largest absolute Gasteiger partial charge is 0.455 e. The van der Waals surface area contributed by atoms with E-state index in [4.69, 9.17) is 10.2 Å². The monoisotopic (exact) mass is 383 g/mol. The lowest BCUT2D eigenvalue weighted by Gasteiger charge is -2.28. The number of nitrogens with one attached hydrogen (secondary N) is 1. The smallest absolute Gasteiger partial charge is 0.392 e. The van der Waals surface area contributed by atoms with Crippen molar-refractivity contribution in [3.05, 3.63) is 17.1 Å². The van der Waals surface area contributed by atoms with Crippen LogP contribution in [0.4, 0.5) is 18.9 Å². The number of likely N-dealkylation sites (tertiary alicyclic amines) is 2. The first-order valence-electron chi connectivity index (χ1n) is 9.54. The van der Waals surface area contributed by atoms with Crippen molar-refractivity contribution >= 4 is 11.5 Å². The van der Waals surface area contributed by atoms with Crippen molar-refractivity contribution in [2.75, 3.05) is 38.5 Å². The van der Waals surface area contributed by atoms with Gasteiger partial charge in [0.25, 0.3) is 0 Å². The molecule has 5 rings (SSSR count). The van der Waals surface area contributed by atoms with Gasteiger partial charge in [0.15, 0.2) is 17.9 Å². The number of rotatable bonds is 0. The molecule has 3 aliphatic heterocycles. The molecule has 9 heteroatoms. The molecule has 0 aromatic carbocycles. The van der Waals surface area contributed by atoms with Gasteiger partial charge in [-0.05, 0) is 31.7 Å². The number of alkyl halides is 3. The third-order valence-corrected chi connectivity index (χ3v) is 6.45.